The standard InChI is InChI=1S/C32H55N8.4C4H3S.Cu/c1-2-10-18-17(9-1)25-33-26(18)38-28-21-13-5-6-14-22(21)30(35-28)40-32-24-16-8-7-15-23(24)31(36-32)39-29-20-12-4-3-11-19(20)27(34-29)37-25;4*1-2-4-5-3-1;/h1,17-40H,2-16H2;4*1,3-4H;/q5*-1;. The third kappa shape index (κ3) is 11.9. The number of rotatable bonds is 0. The number of thiophene rings is 4. The van der Waals surface area contributed by atoms with E-state index in [1.54, 1.807) is 45.3 Å². The fourth-order valence-electron chi connectivity index (χ4n) is 12.6. The molecule has 16 atom stereocenters. The predicted molar refractivity (Wildman–Crippen MR) is 249 cm³/mol. The Labute approximate surface area is 393 Å². The molecule has 5 saturated heterocycles. The Morgan fingerprint density at radius 1 is 0.344 bits per heavy atom. The van der Waals surface area contributed by atoms with Crippen LogP contribution in [0.1, 0.15) is 96.3 Å². The molecule has 4 aliphatic carbocycles. The topological polar surface area (TPSA) is 96.2 Å². The Bertz CT molecular complexity index is 1320. The van der Waals surface area contributed by atoms with E-state index in [-0.39, 0.29) is 17.1 Å². The van der Waals surface area contributed by atoms with Crippen molar-refractivity contribution in [1.82, 2.24) is 42.5 Å². The van der Waals surface area contributed by atoms with E-state index in [1.807, 2.05) is 67.3 Å². The van der Waals surface area contributed by atoms with Gasteiger partial charge in [-0.25, -0.2) is 48.5 Å². The number of hydrogen-bond donors (Lipinski definition) is 8. The van der Waals surface area contributed by atoms with Crippen LogP contribution in [0.5, 0.6) is 0 Å². The average molecular weight is 948 g/mol. The molecule has 9 aliphatic rings. The minimum atomic E-state index is 0. The summed E-state index contributed by atoms with van der Waals surface area (Å²) in [5.41, 5.74) is 0. The van der Waals surface area contributed by atoms with Crippen LogP contribution in [0.2, 0.25) is 0 Å². The van der Waals surface area contributed by atoms with Gasteiger partial charge in [0.1, 0.15) is 0 Å². The van der Waals surface area contributed by atoms with E-state index in [9.17, 15) is 0 Å². The second kappa shape index (κ2) is 24.0. The first kappa shape index (κ1) is 46.5. The molecule has 8 nitrogen and oxygen atoms in total. The van der Waals surface area contributed by atoms with Crippen LogP contribution < -0.4 is 42.5 Å². The minimum Gasteiger partial charge on any atom is -0.328 e. The number of fused-ring (bicyclic) bond motifs is 20. The molecular weight excluding hydrogens is 880 g/mol. The predicted octanol–water partition coefficient (Wildman–Crippen LogP) is 8.61. The van der Waals surface area contributed by atoms with Crippen molar-refractivity contribution in [2.75, 3.05) is 0 Å². The second-order valence-electron chi connectivity index (χ2n) is 18.3. The molecule has 16 unspecified atom stereocenters. The maximum atomic E-state index is 4.26. The zero-order chi connectivity index (χ0) is 40.4. The molecule has 4 aromatic heterocycles. The molecule has 9 heterocycles. The fraction of sp³-hybridized carbons (Fsp3) is 0.646. The molecule has 4 aromatic rings. The molecule has 13 heteroatoms. The van der Waals surface area contributed by atoms with E-state index in [4.69, 9.17) is 0 Å². The van der Waals surface area contributed by atoms with Crippen LogP contribution in [0.4, 0.5) is 0 Å². The van der Waals surface area contributed by atoms with Gasteiger partial charge in [-0.15, -0.1) is 21.5 Å². The summed E-state index contributed by atoms with van der Waals surface area (Å²) in [4.78, 5) is 0. The van der Waals surface area contributed by atoms with Crippen LogP contribution in [-0.2, 0) is 17.1 Å². The van der Waals surface area contributed by atoms with Gasteiger partial charge in [-0.3, -0.25) is 87.9 Å². The Morgan fingerprint density at radius 3 is 0.803 bits per heavy atom. The fourth-order valence-corrected chi connectivity index (χ4v) is 14.1. The van der Waals surface area contributed by atoms with Crippen molar-refractivity contribution in [3.8, 4) is 0 Å². The van der Waals surface area contributed by atoms with Crippen LogP contribution in [0, 0.1) is 78.0 Å². The summed E-state index contributed by atoms with van der Waals surface area (Å²) in [6.07, 6.45) is 26.3. The van der Waals surface area contributed by atoms with Gasteiger partial charge >= 0.3 is 0 Å². The summed E-state index contributed by atoms with van der Waals surface area (Å²) in [6.45, 7) is 0. The van der Waals surface area contributed by atoms with Gasteiger partial charge in [0, 0.05) is 17.1 Å². The molecule has 339 valence electrons. The van der Waals surface area contributed by atoms with E-state index < -0.39 is 0 Å². The molecular formula is C48H67CuN8S4-5. The van der Waals surface area contributed by atoms with E-state index in [0.29, 0.717) is 61.2 Å². The largest absolute Gasteiger partial charge is 0.328 e. The Hall–Kier alpha value is -1.00. The van der Waals surface area contributed by atoms with Gasteiger partial charge in [0.25, 0.3) is 0 Å². The van der Waals surface area contributed by atoms with Crippen molar-refractivity contribution in [1.29, 1.82) is 0 Å². The first-order valence-electron chi connectivity index (χ1n) is 23.2. The molecule has 0 aromatic carbocycles. The second-order valence-corrected chi connectivity index (χ2v) is 21.4. The summed E-state index contributed by atoms with van der Waals surface area (Å²) in [5.74, 6) is 5.84. The van der Waals surface area contributed by atoms with Crippen LogP contribution >= 0.6 is 45.3 Å². The molecule has 5 aliphatic heterocycles. The molecule has 61 heavy (non-hydrogen) atoms. The Balaban J connectivity index is 0.000000200. The van der Waals surface area contributed by atoms with Gasteiger partial charge in [0.2, 0.25) is 0 Å². The van der Waals surface area contributed by atoms with Crippen molar-refractivity contribution in [2.24, 2.45) is 47.3 Å². The first-order chi connectivity index (χ1) is 29.8. The van der Waals surface area contributed by atoms with E-state index >= 15 is 0 Å². The van der Waals surface area contributed by atoms with Gasteiger partial charge < -0.3 is 6.42 Å². The quantitative estimate of drug-likeness (QED) is 0.0657. The zero-order valence-corrected chi connectivity index (χ0v) is 39.5. The Kier molecular flexibility index (Phi) is 18.3. The molecule has 4 saturated carbocycles. The minimum absolute atomic E-state index is 0. The SMILES string of the molecule is [CH-]1CCC2C3NC(NC4NC(NC5NC(NC6NC(N3)C3CCCCC63)C3CCCCC53)C3CCCCC43)C2C1.[Cu].[c-]1ccsc1.[c-]1ccsc1.[c-]1ccsc1.[c-]1ccsc1. The summed E-state index contributed by atoms with van der Waals surface area (Å²) in [7, 11) is 0. The van der Waals surface area contributed by atoms with Crippen molar-refractivity contribution in [3.05, 3.63) is 98.0 Å². The van der Waals surface area contributed by atoms with Crippen LogP contribution in [-0.4, -0.2) is 49.3 Å². The normalized spacial score (nSPS) is 40.4. The summed E-state index contributed by atoms with van der Waals surface area (Å²) in [6, 6.07) is 19.1. The summed E-state index contributed by atoms with van der Waals surface area (Å²) >= 11 is 6.63. The van der Waals surface area contributed by atoms with Crippen LogP contribution in [0.3, 0.4) is 0 Å². The van der Waals surface area contributed by atoms with E-state index in [2.05, 4.69) is 73.2 Å². The molecule has 8 N–H and O–H groups in total. The van der Waals surface area contributed by atoms with Gasteiger partial charge in [0.15, 0.2) is 0 Å². The van der Waals surface area contributed by atoms with Gasteiger partial charge in [-0.05, 0) is 85.9 Å². The molecule has 0 amide bonds. The van der Waals surface area contributed by atoms with Crippen molar-refractivity contribution in [2.45, 2.75) is 146 Å². The third-order valence-electron chi connectivity index (χ3n) is 15.1. The van der Waals surface area contributed by atoms with Gasteiger partial charge in [0.05, 0.1) is 49.3 Å². The molecule has 13 rings (SSSR count). The van der Waals surface area contributed by atoms with E-state index in [0.717, 1.165) is 35.5 Å². The van der Waals surface area contributed by atoms with Crippen molar-refractivity contribution in [3.63, 3.8) is 0 Å². The number of hydrogen-bond acceptors (Lipinski definition) is 12. The first-order valence-corrected chi connectivity index (χ1v) is 27.0. The summed E-state index contributed by atoms with van der Waals surface area (Å²) in [5, 5.41) is 49.3. The molecule has 0 spiro atoms. The summed E-state index contributed by atoms with van der Waals surface area (Å²) < 4.78 is 0. The van der Waals surface area contributed by atoms with E-state index in [1.165, 1.54) is 96.3 Å². The third-order valence-corrected chi connectivity index (χ3v) is 17.4. The average Bonchev–Trinajstić information content (AvgIpc) is 4.16. The van der Waals surface area contributed by atoms with Crippen molar-refractivity contribution < 1.29 is 17.1 Å². The van der Waals surface area contributed by atoms with Crippen LogP contribution in [0.15, 0.2) is 67.3 Å². The van der Waals surface area contributed by atoms with Gasteiger partial charge in [-0.2, -0.15) is 34.4 Å². The molecule has 1 radical (unpaired) electrons. The molecule has 9 fully saturated rings. The van der Waals surface area contributed by atoms with Gasteiger partial charge in [-0.1, -0.05) is 44.9 Å². The van der Waals surface area contributed by atoms with Crippen LogP contribution in [0.25, 0.3) is 0 Å². The monoisotopic (exact) mass is 946 g/mol. The smallest absolute Gasteiger partial charge is 0.0628 e. The maximum absolute atomic E-state index is 4.26. The Morgan fingerprint density at radius 2 is 0.590 bits per heavy atom. The number of nitrogens with one attached hydrogen (secondary N) is 8. The maximum Gasteiger partial charge on any atom is 0.0628 e. The molecule has 8 bridgehead atoms. The van der Waals surface area contributed by atoms with Crippen molar-refractivity contribution >= 4 is 45.3 Å². The zero-order valence-electron chi connectivity index (χ0n) is 35.3.